The van der Waals surface area contributed by atoms with Crippen LogP contribution < -0.4 is 15.4 Å². The molecule has 0 saturated heterocycles. The predicted molar refractivity (Wildman–Crippen MR) is 103 cm³/mol. The molecule has 140 valence electrons. The van der Waals surface area contributed by atoms with Crippen LogP contribution in [0.2, 0.25) is 0 Å². The number of aliphatic imine (C=N–C) groups is 1. The largest absolute Gasteiger partial charge is 0.497 e. The molecule has 1 aliphatic rings. The molecule has 0 bridgehead atoms. The molecule has 0 radical (unpaired) electrons. The van der Waals surface area contributed by atoms with Gasteiger partial charge in [0.25, 0.3) is 0 Å². The molecular formula is C20H33N3O2. The lowest BCUT2D eigenvalue weighted by Crippen LogP contribution is -2.45. The smallest absolute Gasteiger partial charge is 0.191 e. The van der Waals surface area contributed by atoms with Crippen molar-refractivity contribution in [1.29, 1.82) is 0 Å². The fraction of sp³-hybridized carbons (Fsp3) is 0.650. The van der Waals surface area contributed by atoms with Crippen LogP contribution in [0, 0.1) is 0 Å². The van der Waals surface area contributed by atoms with Gasteiger partial charge in [0.2, 0.25) is 0 Å². The molecule has 2 rings (SSSR count). The normalized spacial score (nSPS) is 21.7. The van der Waals surface area contributed by atoms with Crippen LogP contribution in [0.5, 0.6) is 5.75 Å². The minimum absolute atomic E-state index is 0.0837. The second kappa shape index (κ2) is 9.09. The molecule has 0 amide bonds. The first kappa shape index (κ1) is 19.6. The summed E-state index contributed by atoms with van der Waals surface area (Å²) in [6.45, 7) is 8.00. The third-order valence-electron chi connectivity index (χ3n) is 4.87. The SMILES string of the molecule is CCNC(=NCC(C)(C)c1cccc(OC)c1)NC1CCC(O)CC1. The van der Waals surface area contributed by atoms with Gasteiger partial charge in [-0.1, -0.05) is 26.0 Å². The highest BCUT2D eigenvalue weighted by molar-refractivity contribution is 5.80. The van der Waals surface area contributed by atoms with Crippen LogP contribution in [-0.2, 0) is 5.41 Å². The second-order valence-corrected chi connectivity index (χ2v) is 7.46. The van der Waals surface area contributed by atoms with E-state index in [0.29, 0.717) is 12.6 Å². The summed E-state index contributed by atoms with van der Waals surface area (Å²) < 4.78 is 5.34. The summed E-state index contributed by atoms with van der Waals surface area (Å²) in [5.74, 6) is 1.74. The number of benzene rings is 1. The Labute approximate surface area is 151 Å². The molecule has 0 aliphatic heterocycles. The first-order chi connectivity index (χ1) is 11.9. The maximum Gasteiger partial charge on any atom is 0.191 e. The summed E-state index contributed by atoms with van der Waals surface area (Å²) >= 11 is 0. The lowest BCUT2D eigenvalue weighted by Gasteiger charge is -2.29. The van der Waals surface area contributed by atoms with Gasteiger partial charge < -0.3 is 20.5 Å². The first-order valence-corrected chi connectivity index (χ1v) is 9.32. The van der Waals surface area contributed by atoms with Crippen molar-refractivity contribution in [2.45, 2.75) is 64.0 Å². The molecule has 5 nitrogen and oxygen atoms in total. The van der Waals surface area contributed by atoms with Crippen LogP contribution in [0.3, 0.4) is 0 Å². The standard InChI is InChI=1S/C20H33N3O2/c1-5-21-19(23-16-9-11-17(24)12-10-16)22-14-20(2,3)15-7-6-8-18(13-15)25-4/h6-8,13,16-17,24H,5,9-12,14H2,1-4H3,(H2,21,22,23). The average molecular weight is 348 g/mol. The fourth-order valence-electron chi connectivity index (χ4n) is 3.15. The Bertz CT molecular complexity index is 564. The second-order valence-electron chi connectivity index (χ2n) is 7.46. The van der Waals surface area contributed by atoms with Gasteiger partial charge in [0, 0.05) is 18.0 Å². The maximum absolute atomic E-state index is 9.66. The fourth-order valence-corrected chi connectivity index (χ4v) is 3.15. The number of hydrogen-bond acceptors (Lipinski definition) is 3. The van der Waals surface area contributed by atoms with E-state index in [1.54, 1.807) is 7.11 Å². The summed E-state index contributed by atoms with van der Waals surface area (Å²) in [7, 11) is 1.69. The molecule has 1 aromatic rings. The van der Waals surface area contributed by atoms with Gasteiger partial charge in [-0.05, 0) is 50.3 Å². The zero-order valence-corrected chi connectivity index (χ0v) is 16.0. The highest BCUT2D eigenvalue weighted by atomic mass is 16.5. The molecule has 0 heterocycles. The zero-order valence-electron chi connectivity index (χ0n) is 16.0. The molecule has 0 atom stereocenters. The third kappa shape index (κ3) is 5.92. The number of aliphatic hydroxyl groups excluding tert-OH is 1. The van der Waals surface area contributed by atoms with E-state index in [-0.39, 0.29) is 11.5 Å². The van der Waals surface area contributed by atoms with Gasteiger partial charge in [-0.2, -0.15) is 0 Å². The first-order valence-electron chi connectivity index (χ1n) is 9.32. The topological polar surface area (TPSA) is 65.9 Å². The highest BCUT2D eigenvalue weighted by Crippen LogP contribution is 2.26. The van der Waals surface area contributed by atoms with Crippen LogP contribution in [0.25, 0.3) is 0 Å². The lowest BCUT2D eigenvalue weighted by atomic mass is 9.84. The van der Waals surface area contributed by atoms with Crippen LogP contribution in [-0.4, -0.2) is 43.4 Å². The van der Waals surface area contributed by atoms with Crippen molar-refractivity contribution < 1.29 is 9.84 Å². The van der Waals surface area contributed by atoms with Gasteiger partial charge in [0.1, 0.15) is 5.75 Å². The van der Waals surface area contributed by atoms with Crippen molar-refractivity contribution in [3.8, 4) is 5.75 Å². The van der Waals surface area contributed by atoms with Crippen LogP contribution in [0.4, 0.5) is 0 Å². The third-order valence-corrected chi connectivity index (χ3v) is 4.87. The number of nitrogens with one attached hydrogen (secondary N) is 2. The van der Waals surface area contributed by atoms with Gasteiger partial charge in [-0.15, -0.1) is 0 Å². The quantitative estimate of drug-likeness (QED) is 0.547. The van der Waals surface area contributed by atoms with Gasteiger partial charge in [0.15, 0.2) is 5.96 Å². The molecule has 5 heteroatoms. The number of aliphatic hydroxyl groups is 1. The van der Waals surface area contributed by atoms with E-state index in [0.717, 1.165) is 43.9 Å². The lowest BCUT2D eigenvalue weighted by molar-refractivity contribution is 0.120. The molecule has 0 spiro atoms. The number of ether oxygens (including phenoxy) is 1. The molecule has 3 N–H and O–H groups in total. The molecule has 1 aromatic carbocycles. The van der Waals surface area contributed by atoms with Crippen LogP contribution in [0.15, 0.2) is 29.3 Å². The maximum atomic E-state index is 9.66. The summed E-state index contributed by atoms with van der Waals surface area (Å²) in [6, 6.07) is 8.59. The summed E-state index contributed by atoms with van der Waals surface area (Å²) in [4.78, 5) is 4.82. The van der Waals surface area contributed by atoms with Crippen molar-refractivity contribution in [2.24, 2.45) is 4.99 Å². The number of methoxy groups -OCH3 is 1. The molecule has 25 heavy (non-hydrogen) atoms. The van der Waals surface area contributed by atoms with E-state index in [4.69, 9.17) is 9.73 Å². The van der Waals surface area contributed by atoms with Gasteiger partial charge in [-0.3, -0.25) is 4.99 Å². The van der Waals surface area contributed by atoms with Crippen molar-refractivity contribution >= 4 is 5.96 Å². The summed E-state index contributed by atoms with van der Waals surface area (Å²) in [5.41, 5.74) is 1.13. The highest BCUT2D eigenvalue weighted by Gasteiger charge is 2.23. The van der Waals surface area contributed by atoms with E-state index < -0.39 is 0 Å². The summed E-state index contributed by atoms with van der Waals surface area (Å²) in [6.07, 6.45) is 3.58. The molecule has 1 fully saturated rings. The predicted octanol–water partition coefficient (Wildman–Crippen LogP) is 2.83. The number of nitrogens with zero attached hydrogens (tertiary/aromatic N) is 1. The van der Waals surface area contributed by atoms with E-state index in [1.807, 2.05) is 12.1 Å². The number of rotatable bonds is 6. The number of hydrogen-bond donors (Lipinski definition) is 3. The Balaban J connectivity index is 2.03. The van der Waals surface area contributed by atoms with Crippen molar-refractivity contribution in [3.05, 3.63) is 29.8 Å². The zero-order chi connectivity index (χ0) is 18.3. The number of guanidine groups is 1. The minimum atomic E-state index is -0.135. The molecule has 1 saturated carbocycles. The van der Waals surface area contributed by atoms with Gasteiger partial charge in [-0.25, -0.2) is 0 Å². The van der Waals surface area contributed by atoms with E-state index in [1.165, 1.54) is 5.56 Å². The Morgan fingerprint density at radius 2 is 2.00 bits per heavy atom. The van der Waals surface area contributed by atoms with E-state index >= 15 is 0 Å². The Morgan fingerprint density at radius 1 is 1.28 bits per heavy atom. The van der Waals surface area contributed by atoms with Crippen LogP contribution >= 0.6 is 0 Å². The van der Waals surface area contributed by atoms with Crippen molar-refractivity contribution in [1.82, 2.24) is 10.6 Å². The van der Waals surface area contributed by atoms with Crippen molar-refractivity contribution in [2.75, 3.05) is 20.2 Å². The molecule has 1 aliphatic carbocycles. The van der Waals surface area contributed by atoms with Gasteiger partial charge >= 0.3 is 0 Å². The molecular weight excluding hydrogens is 314 g/mol. The van der Waals surface area contributed by atoms with E-state index in [2.05, 4.69) is 43.5 Å². The van der Waals surface area contributed by atoms with Crippen molar-refractivity contribution in [3.63, 3.8) is 0 Å². The van der Waals surface area contributed by atoms with Gasteiger partial charge in [0.05, 0.1) is 19.8 Å². The minimum Gasteiger partial charge on any atom is -0.497 e. The average Bonchev–Trinajstić information content (AvgIpc) is 2.62. The monoisotopic (exact) mass is 347 g/mol. The van der Waals surface area contributed by atoms with Crippen LogP contribution in [0.1, 0.15) is 52.0 Å². The Kier molecular flexibility index (Phi) is 7.12. The Morgan fingerprint density at radius 3 is 2.64 bits per heavy atom. The molecule has 0 aromatic heterocycles. The Hall–Kier alpha value is -1.75. The molecule has 0 unspecified atom stereocenters. The summed E-state index contributed by atoms with van der Waals surface area (Å²) in [5, 5.41) is 16.5. The van der Waals surface area contributed by atoms with E-state index in [9.17, 15) is 5.11 Å².